The minimum atomic E-state index is -3.71. The van der Waals surface area contributed by atoms with E-state index < -0.39 is 28.3 Å². The molecule has 0 bridgehead atoms. The number of nitrogens with zero attached hydrogens (tertiary/aromatic N) is 3. The molecule has 1 fully saturated rings. The number of amides is 2. The number of aromatic nitrogens is 1. The van der Waals surface area contributed by atoms with Crippen molar-refractivity contribution in [3.8, 4) is 17.0 Å². The number of halogens is 1. The molecule has 29 heavy (non-hydrogen) atoms. The molecule has 0 spiro atoms. The van der Waals surface area contributed by atoms with Crippen LogP contribution in [0.15, 0.2) is 36.5 Å². The van der Waals surface area contributed by atoms with Crippen molar-refractivity contribution in [1.29, 1.82) is 0 Å². The molecule has 0 N–H and O–H groups in total. The zero-order valence-corrected chi connectivity index (χ0v) is 16.6. The lowest BCUT2D eigenvalue weighted by molar-refractivity contribution is -0.134. The number of ether oxygens (including phenoxy) is 1. The van der Waals surface area contributed by atoms with E-state index in [1.807, 2.05) is 0 Å². The number of benzene rings is 1. The number of likely N-dealkylation sites (N-methyl/N-ethyl adjacent to an activating group) is 1. The number of carbonyl (C=O) groups excluding carboxylic acids is 2. The highest BCUT2D eigenvalue weighted by atomic mass is 32.2. The van der Waals surface area contributed by atoms with Crippen molar-refractivity contribution in [3.63, 3.8) is 0 Å². The first-order valence-electron chi connectivity index (χ1n) is 8.42. The zero-order chi connectivity index (χ0) is 21.3. The van der Waals surface area contributed by atoms with Gasteiger partial charge in [-0.3, -0.25) is 9.69 Å². The summed E-state index contributed by atoms with van der Waals surface area (Å²) in [5.74, 6) is -1.01. The van der Waals surface area contributed by atoms with E-state index in [-0.39, 0.29) is 29.6 Å². The summed E-state index contributed by atoms with van der Waals surface area (Å²) in [6.07, 6.45) is 0.734. The summed E-state index contributed by atoms with van der Waals surface area (Å²) in [6, 6.07) is 6.95. The molecule has 0 aliphatic carbocycles. The molecule has 1 aromatic carbocycles. The van der Waals surface area contributed by atoms with Gasteiger partial charge >= 0.3 is 16.2 Å². The predicted molar refractivity (Wildman–Crippen MR) is 101 cm³/mol. The highest BCUT2D eigenvalue weighted by Gasteiger charge is 2.36. The molecule has 0 saturated carbocycles. The quantitative estimate of drug-likeness (QED) is 0.677. The van der Waals surface area contributed by atoms with Gasteiger partial charge in [-0.15, -0.1) is 0 Å². The standard InChI is InChI=1S/C18H18FN3O6S/c1-11(23)21(2)17-10-22(18(24)27-17)13-5-6-14(15(19)8-13)12-4-7-16(20-9-12)28-29(3,25)26/h4-9,17H,10H2,1-3H3/t17-/m0/s1. The number of cyclic esters (lactones) is 1. The Bertz CT molecular complexity index is 1060. The molecule has 1 atom stereocenters. The first kappa shape index (κ1) is 20.5. The molecule has 1 aromatic heterocycles. The van der Waals surface area contributed by atoms with Gasteiger partial charge in [0.1, 0.15) is 5.82 Å². The topological polar surface area (TPSA) is 106 Å². The summed E-state index contributed by atoms with van der Waals surface area (Å²) in [7, 11) is -2.20. The maximum Gasteiger partial charge on any atom is 0.416 e. The number of anilines is 1. The van der Waals surface area contributed by atoms with E-state index in [1.54, 1.807) is 0 Å². The molecule has 2 aromatic rings. The molecule has 2 heterocycles. The predicted octanol–water partition coefficient (Wildman–Crippen LogP) is 1.99. The molecule has 1 aliphatic rings. The van der Waals surface area contributed by atoms with E-state index in [4.69, 9.17) is 4.74 Å². The van der Waals surface area contributed by atoms with Crippen LogP contribution in [0.2, 0.25) is 0 Å². The average Bonchev–Trinajstić information content (AvgIpc) is 3.02. The second-order valence-corrected chi connectivity index (χ2v) is 7.99. The third-order valence-electron chi connectivity index (χ3n) is 4.27. The van der Waals surface area contributed by atoms with E-state index in [1.165, 1.54) is 60.3 Å². The van der Waals surface area contributed by atoms with Crippen LogP contribution in [0.3, 0.4) is 0 Å². The Hall–Kier alpha value is -3.21. The van der Waals surface area contributed by atoms with Crippen LogP contribution in [0.5, 0.6) is 5.88 Å². The van der Waals surface area contributed by atoms with Gasteiger partial charge in [0.25, 0.3) is 0 Å². The van der Waals surface area contributed by atoms with Crippen LogP contribution < -0.4 is 9.08 Å². The largest absolute Gasteiger partial charge is 0.423 e. The van der Waals surface area contributed by atoms with Gasteiger partial charge in [0.2, 0.25) is 11.8 Å². The summed E-state index contributed by atoms with van der Waals surface area (Å²) in [5, 5.41) is 0. The smallest absolute Gasteiger partial charge is 0.416 e. The van der Waals surface area contributed by atoms with Crippen molar-refractivity contribution in [1.82, 2.24) is 9.88 Å². The van der Waals surface area contributed by atoms with Crippen LogP contribution in [0.4, 0.5) is 14.9 Å². The van der Waals surface area contributed by atoms with Crippen LogP contribution in [0.1, 0.15) is 6.92 Å². The first-order chi connectivity index (χ1) is 13.5. The summed E-state index contributed by atoms with van der Waals surface area (Å²) >= 11 is 0. The monoisotopic (exact) mass is 423 g/mol. The number of carbonyl (C=O) groups is 2. The Morgan fingerprint density at radius 3 is 2.62 bits per heavy atom. The van der Waals surface area contributed by atoms with E-state index in [0.717, 1.165) is 6.26 Å². The first-order valence-corrected chi connectivity index (χ1v) is 10.2. The Morgan fingerprint density at radius 2 is 2.07 bits per heavy atom. The van der Waals surface area contributed by atoms with E-state index in [9.17, 15) is 22.4 Å². The second-order valence-electron chi connectivity index (χ2n) is 6.42. The lowest BCUT2D eigenvalue weighted by Gasteiger charge is -2.20. The van der Waals surface area contributed by atoms with E-state index in [0.29, 0.717) is 5.56 Å². The van der Waals surface area contributed by atoms with E-state index in [2.05, 4.69) is 9.17 Å². The van der Waals surface area contributed by atoms with Crippen molar-refractivity contribution in [2.75, 3.05) is 24.7 Å². The highest BCUT2D eigenvalue weighted by molar-refractivity contribution is 7.86. The fourth-order valence-corrected chi connectivity index (χ4v) is 3.12. The number of hydrogen-bond donors (Lipinski definition) is 0. The zero-order valence-electron chi connectivity index (χ0n) is 15.8. The maximum atomic E-state index is 14.7. The SMILES string of the molecule is CC(=O)N(C)[C@@H]1CN(c2ccc(-c3ccc(OS(C)(=O)=O)nc3)c(F)c2)C(=O)O1. The second kappa shape index (κ2) is 7.66. The number of hydrogen-bond acceptors (Lipinski definition) is 7. The van der Waals surface area contributed by atoms with Gasteiger partial charge in [0, 0.05) is 37.4 Å². The highest BCUT2D eigenvalue weighted by Crippen LogP contribution is 2.29. The van der Waals surface area contributed by atoms with Crippen LogP contribution in [0.25, 0.3) is 11.1 Å². The summed E-state index contributed by atoms with van der Waals surface area (Å²) < 4.78 is 46.7. The number of rotatable bonds is 5. The van der Waals surface area contributed by atoms with E-state index >= 15 is 0 Å². The Balaban J connectivity index is 1.80. The van der Waals surface area contributed by atoms with Crippen molar-refractivity contribution < 1.29 is 31.3 Å². The fraction of sp³-hybridized carbons (Fsp3) is 0.278. The van der Waals surface area contributed by atoms with Crippen LogP contribution in [-0.4, -0.2) is 56.4 Å². The molecule has 1 aliphatic heterocycles. The summed E-state index contributed by atoms with van der Waals surface area (Å²) in [6.45, 7) is 1.43. The molecule has 1 saturated heterocycles. The van der Waals surface area contributed by atoms with Crippen molar-refractivity contribution >= 4 is 27.8 Å². The fourth-order valence-electron chi connectivity index (χ4n) is 2.71. The minimum absolute atomic E-state index is 0.0762. The van der Waals surface area contributed by atoms with Crippen LogP contribution in [0, 0.1) is 5.82 Å². The molecule has 9 nitrogen and oxygen atoms in total. The third-order valence-corrected chi connectivity index (χ3v) is 4.75. The maximum absolute atomic E-state index is 14.7. The van der Waals surface area contributed by atoms with Gasteiger partial charge < -0.3 is 13.8 Å². The molecule has 0 unspecified atom stereocenters. The molecular weight excluding hydrogens is 405 g/mol. The molecule has 154 valence electrons. The average molecular weight is 423 g/mol. The summed E-state index contributed by atoms with van der Waals surface area (Å²) in [4.78, 5) is 29.9. The van der Waals surface area contributed by atoms with Gasteiger partial charge in [0.15, 0.2) is 6.23 Å². The molecule has 3 rings (SSSR count). The van der Waals surface area contributed by atoms with Gasteiger partial charge in [-0.05, 0) is 24.3 Å². The van der Waals surface area contributed by atoms with Crippen LogP contribution >= 0.6 is 0 Å². The normalized spacial score (nSPS) is 16.5. The Labute approximate surface area is 166 Å². The lowest BCUT2D eigenvalue weighted by Crippen LogP contribution is -2.38. The molecule has 0 radical (unpaired) electrons. The summed E-state index contributed by atoms with van der Waals surface area (Å²) in [5.41, 5.74) is 0.880. The molecule has 2 amide bonds. The third kappa shape index (κ3) is 4.62. The van der Waals surface area contributed by atoms with Gasteiger partial charge in [-0.2, -0.15) is 8.42 Å². The lowest BCUT2D eigenvalue weighted by atomic mass is 10.1. The Kier molecular flexibility index (Phi) is 5.42. The van der Waals surface area contributed by atoms with Crippen molar-refractivity contribution in [3.05, 3.63) is 42.3 Å². The van der Waals surface area contributed by atoms with Gasteiger partial charge in [-0.1, -0.05) is 0 Å². The van der Waals surface area contributed by atoms with Crippen molar-refractivity contribution in [2.24, 2.45) is 0 Å². The molecule has 11 heteroatoms. The van der Waals surface area contributed by atoms with Crippen molar-refractivity contribution in [2.45, 2.75) is 13.2 Å². The van der Waals surface area contributed by atoms with Gasteiger partial charge in [-0.25, -0.2) is 14.2 Å². The number of pyridine rings is 1. The minimum Gasteiger partial charge on any atom is -0.423 e. The molecular formula is C18H18FN3O6S. The van der Waals surface area contributed by atoms with Gasteiger partial charge in [0.05, 0.1) is 18.5 Å². The van der Waals surface area contributed by atoms with Crippen LogP contribution in [-0.2, 0) is 19.6 Å². The Morgan fingerprint density at radius 1 is 1.34 bits per heavy atom.